The normalized spacial score (nSPS) is 13.5. The van der Waals surface area contributed by atoms with Gasteiger partial charge in [0.05, 0.1) is 16.2 Å². The number of aromatic nitrogens is 1. The number of Topliss-reactive ketones (excluding diaryl/α,β-unsaturated/α-hetero) is 1. The minimum atomic E-state index is -4.08. The maximum absolute atomic E-state index is 13.5. The van der Waals surface area contributed by atoms with Crippen LogP contribution in [0.25, 0.3) is 16.7 Å². The number of nitrogens with zero attached hydrogens (tertiary/aromatic N) is 1. The number of carbonyl (C=O) groups is 3. The second-order valence-corrected chi connectivity index (χ2v) is 8.83. The van der Waals surface area contributed by atoms with Gasteiger partial charge in [0.2, 0.25) is 17.5 Å². The first-order valence-corrected chi connectivity index (χ1v) is 10.9. The summed E-state index contributed by atoms with van der Waals surface area (Å²) < 4.78 is 28.0. The molecule has 0 bridgehead atoms. The molecule has 0 radical (unpaired) electrons. The molecule has 1 N–H and O–H groups in total. The highest BCUT2D eigenvalue weighted by molar-refractivity contribution is 7.90. The molecule has 0 spiro atoms. The summed E-state index contributed by atoms with van der Waals surface area (Å²) in [6.07, 6.45) is 2.45. The van der Waals surface area contributed by atoms with Gasteiger partial charge in [0.25, 0.3) is 10.0 Å². The average Bonchev–Trinajstić information content (AvgIpc) is 3.18. The maximum Gasteiger partial charge on any atom is 0.268 e. The van der Waals surface area contributed by atoms with Crippen LogP contribution in [0.1, 0.15) is 23.0 Å². The molecule has 156 valence electrons. The summed E-state index contributed by atoms with van der Waals surface area (Å²) in [7, 11) is -4.08. The Labute approximate surface area is 179 Å². The summed E-state index contributed by atoms with van der Waals surface area (Å²) in [5.41, 5.74) is 1.28. The van der Waals surface area contributed by atoms with Gasteiger partial charge in [-0.15, -0.1) is 0 Å². The third-order valence-corrected chi connectivity index (χ3v) is 6.62. The number of hydrogen-bond donors (Lipinski definition) is 1. The number of rotatable bonds is 5. The SMILES string of the molecule is CC(=O)NCC1=CC(=O)C(=O)c2c(-c3ccccc3)cn(S(=O)(=O)c3ccccc3)c21. The summed E-state index contributed by atoms with van der Waals surface area (Å²) >= 11 is 0. The van der Waals surface area contributed by atoms with E-state index < -0.39 is 21.6 Å². The van der Waals surface area contributed by atoms with Crippen LogP contribution in [0, 0.1) is 0 Å². The van der Waals surface area contributed by atoms with Gasteiger partial charge in [-0.1, -0.05) is 48.5 Å². The lowest BCUT2D eigenvalue weighted by Gasteiger charge is -2.18. The van der Waals surface area contributed by atoms with Crippen LogP contribution in [0.15, 0.2) is 77.8 Å². The number of benzene rings is 2. The number of amides is 1. The highest BCUT2D eigenvalue weighted by Crippen LogP contribution is 2.37. The summed E-state index contributed by atoms with van der Waals surface area (Å²) in [5.74, 6) is -1.90. The molecule has 0 fully saturated rings. The van der Waals surface area contributed by atoms with Crippen LogP contribution in [0.5, 0.6) is 0 Å². The molecule has 1 aliphatic rings. The lowest BCUT2D eigenvalue weighted by molar-refractivity contribution is -0.118. The summed E-state index contributed by atoms with van der Waals surface area (Å²) in [6, 6.07) is 16.6. The monoisotopic (exact) mass is 434 g/mol. The minimum Gasteiger partial charge on any atom is -0.352 e. The first-order valence-electron chi connectivity index (χ1n) is 9.46. The Balaban J connectivity index is 2.03. The third kappa shape index (κ3) is 3.62. The predicted molar refractivity (Wildman–Crippen MR) is 115 cm³/mol. The summed E-state index contributed by atoms with van der Waals surface area (Å²) in [5, 5.41) is 2.58. The molecule has 1 aromatic heterocycles. The van der Waals surface area contributed by atoms with E-state index in [-0.39, 0.29) is 34.2 Å². The Morgan fingerprint density at radius 2 is 1.58 bits per heavy atom. The molecule has 7 nitrogen and oxygen atoms in total. The number of ketones is 2. The molecule has 0 aliphatic heterocycles. The quantitative estimate of drug-likeness (QED) is 0.622. The Hall–Kier alpha value is -3.78. The van der Waals surface area contributed by atoms with Crippen LogP contribution in [-0.2, 0) is 19.6 Å². The van der Waals surface area contributed by atoms with Crippen molar-refractivity contribution in [1.29, 1.82) is 0 Å². The fraction of sp³-hybridized carbons (Fsp3) is 0.0870. The molecule has 4 rings (SSSR count). The summed E-state index contributed by atoms with van der Waals surface area (Å²) in [6.45, 7) is 1.22. The third-order valence-electron chi connectivity index (χ3n) is 4.95. The standard InChI is InChI=1S/C23H18N2O5S/c1-15(26)24-13-17-12-20(27)23(28)21-19(16-8-4-2-5-9-16)14-25(22(17)21)31(29,30)18-10-6-3-7-11-18/h2-12,14H,13H2,1H3,(H,24,26). The lowest BCUT2D eigenvalue weighted by Crippen LogP contribution is -2.28. The van der Waals surface area contributed by atoms with Crippen molar-refractivity contribution in [2.75, 3.05) is 6.54 Å². The molecule has 1 amide bonds. The molecular weight excluding hydrogens is 416 g/mol. The fourth-order valence-corrected chi connectivity index (χ4v) is 4.94. The molecule has 8 heteroatoms. The van der Waals surface area contributed by atoms with E-state index in [1.807, 2.05) is 0 Å². The summed E-state index contributed by atoms with van der Waals surface area (Å²) in [4.78, 5) is 36.8. The molecule has 1 aliphatic carbocycles. The van der Waals surface area contributed by atoms with Crippen LogP contribution in [0.2, 0.25) is 0 Å². The zero-order valence-electron chi connectivity index (χ0n) is 16.5. The van der Waals surface area contributed by atoms with Gasteiger partial charge in [-0.05, 0) is 23.8 Å². The van der Waals surface area contributed by atoms with E-state index in [0.717, 1.165) is 10.0 Å². The van der Waals surface area contributed by atoms with E-state index in [9.17, 15) is 22.8 Å². The molecule has 3 aromatic rings. The zero-order chi connectivity index (χ0) is 22.2. The average molecular weight is 434 g/mol. The van der Waals surface area contributed by atoms with E-state index >= 15 is 0 Å². The van der Waals surface area contributed by atoms with Crippen molar-refractivity contribution in [2.24, 2.45) is 0 Å². The van der Waals surface area contributed by atoms with Crippen molar-refractivity contribution in [1.82, 2.24) is 9.29 Å². The Morgan fingerprint density at radius 3 is 2.19 bits per heavy atom. The zero-order valence-corrected chi connectivity index (χ0v) is 17.3. The highest BCUT2D eigenvalue weighted by atomic mass is 32.2. The van der Waals surface area contributed by atoms with Crippen LogP contribution in [0.3, 0.4) is 0 Å². The van der Waals surface area contributed by atoms with Gasteiger partial charge in [0.15, 0.2) is 0 Å². The minimum absolute atomic E-state index is 0.0126. The Kier molecular flexibility index (Phi) is 5.16. The van der Waals surface area contributed by atoms with Crippen molar-refractivity contribution < 1.29 is 22.8 Å². The van der Waals surface area contributed by atoms with Crippen molar-refractivity contribution in [3.05, 3.63) is 84.2 Å². The van der Waals surface area contributed by atoms with Gasteiger partial charge >= 0.3 is 0 Å². The largest absolute Gasteiger partial charge is 0.352 e. The van der Waals surface area contributed by atoms with Gasteiger partial charge in [0.1, 0.15) is 0 Å². The van der Waals surface area contributed by atoms with Crippen molar-refractivity contribution >= 4 is 33.1 Å². The molecule has 2 aromatic carbocycles. The van der Waals surface area contributed by atoms with Crippen LogP contribution < -0.4 is 5.32 Å². The van der Waals surface area contributed by atoms with Crippen LogP contribution in [-0.4, -0.2) is 36.4 Å². The van der Waals surface area contributed by atoms with Crippen LogP contribution >= 0.6 is 0 Å². The lowest BCUT2D eigenvalue weighted by atomic mass is 9.90. The van der Waals surface area contributed by atoms with Crippen molar-refractivity contribution in [2.45, 2.75) is 11.8 Å². The van der Waals surface area contributed by atoms with Gasteiger partial charge in [-0.25, -0.2) is 12.4 Å². The second-order valence-electron chi connectivity index (χ2n) is 7.02. The molecule has 0 unspecified atom stereocenters. The molecule has 0 saturated carbocycles. The Morgan fingerprint density at radius 1 is 0.968 bits per heavy atom. The molecule has 31 heavy (non-hydrogen) atoms. The maximum atomic E-state index is 13.5. The molecular formula is C23H18N2O5S. The van der Waals surface area contributed by atoms with E-state index in [0.29, 0.717) is 11.1 Å². The smallest absolute Gasteiger partial charge is 0.268 e. The Bertz CT molecular complexity index is 1340. The van der Waals surface area contributed by atoms with Crippen LogP contribution in [0.4, 0.5) is 0 Å². The molecule has 1 heterocycles. The number of hydrogen-bond acceptors (Lipinski definition) is 5. The first-order chi connectivity index (χ1) is 14.8. The van der Waals surface area contributed by atoms with Crippen molar-refractivity contribution in [3.8, 4) is 11.1 Å². The number of carbonyl (C=O) groups excluding carboxylic acids is 3. The number of nitrogens with one attached hydrogen (secondary N) is 1. The van der Waals surface area contributed by atoms with E-state index in [1.54, 1.807) is 48.5 Å². The van der Waals surface area contributed by atoms with E-state index in [1.165, 1.54) is 25.3 Å². The van der Waals surface area contributed by atoms with Crippen molar-refractivity contribution in [3.63, 3.8) is 0 Å². The highest BCUT2D eigenvalue weighted by Gasteiger charge is 2.36. The van der Waals surface area contributed by atoms with Gasteiger partial charge < -0.3 is 5.32 Å². The number of fused-ring (bicyclic) bond motifs is 1. The molecule has 0 saturated heterocycles. The number of allylic oxidation sites excluding steroid dienone is 1. The second kappa shape index (κ2) is 7.81. The molecule has 0 atom stereocenters. The fourth-order valence-electron chi connectivity index (χ4n) is 3.52. The van der Waals surface area contributed by atoms with E-state index in [4.69, 9.17) is 0 Å². The first kappa shape index (κ1) is 20.5. The van der Waals surface area contributed by atoms with Gasteiger partial charge in [-0.2, -0.15) is 0 Å². The van der Waals surface area contributed by atoms with Gasteiger partial charge in [-0.3, -0.25) is 14.4 Å². The van der Waals surface area contributed by atoms with Gasteiger partial charge in [0, 0.05) is 30.8 Å². The predicted octanol–water partition coefficient (Wildman–Crippen LogP) is 2.68. The topological polar surface area (TPSA) is 102 Å². The van der Waals surface area contributed by atoms with E-state index in [2.05, 4.69) is 5.32 Å².